The van der Waals surface area contributed by atoms with Crippen molar-refractivity contribution < 1.29 is 5.11 Å². The third-order valence-electron chi connectivity index (χ3n) is 5.81. The first-order chi connectivity index (χ1) is 13.6. The van der Waals surface area contributed by atoms with Crippen molar-refractivity contribution in [3.63, 3.8) is 0 Å². The van der Waals surface area contributed by atoms with Crippen LogP contribution in [-0.2, 0) is 0 Å². The first-order valence-corrected chi connectivity index (χ1v) is 9.57. The smallest absolute Gasteiger partial charge is 0.115 e. The van der Waals surface area contributed by atoms with Crippen molar-refractivity contribution in [1.82, 2.24) is 9.97 Å². The highest BCUT2D eigenvalue weighted by atomic mass is 16.3. The zero-order chi connectivity index (χ0) is 19.3. The fourth-order valence-corrected chi connectivity index (χ4v) is 4.33. The van der Waals surface area contributed by atoms with Gasteiger partial charge >= 0.3 is 0 Å². The Morgan fingerprint density at radius 2 is 1.11 bits per heavy atom. The monoisotopic (exact) mass is 366 g/mol. The van der Waals surface area contributed by atoms with Crippen LogP contribution in [0, 0.1) is 13.8 Å². The first-order valence-electron chi connectivity index (χ1n) is 9.57. The Labute approximate surface area is 163 Å². The number of hydrogen-bond acceptors (Lipinski definition) is 1. The number of hydrogen-bond donors (Lipinski definition) is 3. The standard InChI is InChI=1S/C25H22N2O/c1-15-19-7-3-5-9-21(19)26-24(15)23(17-11-13-18(28)14-12-17)25-16(2)20-8-4-6-10-22(20)27-25/h3-14,23,26-28H,1-2H3. The number of para-hydroxylation sites is 2. The Hall–Kier alpha value is -3.46. The van der Waals surface area contributed by atoms with Gasteiger partial charge in [-0.2, -0.15) is 0 Å². The van der Waals surface area contributed by atoms with E-state index >= 15 is 0 Å². The largest absolute Gasteiger partial charge is 0.508 e. The summed E-state index contributed by atoms with van der Waals surface area (Å²) in [6.45, 7) is 4.36. The summed E-state index contributed by atoms with van der Waals surface area (Å²) in [6, 6.07) is 24.4. The number of phenolic OH excluding ortho intramolecular Hbond substituents is 1. The van der Waals surface area contributed by atoms with Crippen molar-refractivity contribution in [3.05, 3.63) is 101 Å². The highest BCUT2D eigenvalue weighted by molar-refractivity contribution is 5.87. The van der Waals surface area contributed by atoms with Crippen molar-refractivity contribution in [1.29, 1.82) is 0 Å². The van der Waals surface area contributed by atoms with Crippen LogP contribution in [0.5, 0.6) is 5.75 Å². The molecule has 3 nitrogen and oxygen atoms in total. The molecule has 2 aromatic heterocycles. The fourth-order valence-electron chi connectivity index (χ4n) is 4.33. The molecule has 2 heterocycles. The van der Waals surface area contributed by atoms with Gasteiger partial charge in [-0.1, -0.05) is 48.5 Å². The van der Waals surface area contributed by atoms with Gasteiger partial charge in [0, 0.05) is 33.2 Å². The van der Waals surface area contributed by atoms with E-state index in [-0.39, 0.29) is 11.7 Å². The van der Waals surface area contributed by atoms with Crippen LogP contribution in [0.15, 0.2) is 72.8 Å². The van der Waals surface area contributed by atoms with Gasteiger partial charge in [0.2, 0.25) is 0 Å². The molecular formula is C25H22N2O. The van der Waals surface area contributed by atoms with E-state index < -0.39 is 0 Å². The van der Waals surface area contributed by atoms with E-state index in [1.54, 1.807) is 12.1 Å². The quantitative estimate of drug-likeness (QED) is 0.352. The SMILES string of the molecule is Cc1c(C(c2ccc(O)cc2)c2[nH]c3ccccc3c2C)[nH]c2ccccc12. The number of benzene rings is 3. The summed E-state index contributed by atoms with van der Waals surface area (Å²) in [5.74, 6) is 0.310. The summed E-state index contributed by atoms with van der Waals surface area (Å²) < 4.78 is 0. The van der Waals surface area contributed by atoms with Gasteiger partial charge in [-0.3, -0.25) is 0 Å². The van der Waals surface area contributed by atoms with Crippen LogP contribution in [0.1, 0.15) is 34.0 Å². The minimum Gasteiger partial charge on any atom is -0.508 e. The number of nitrogens with one attached hydrogen (secondary N) is 2. The van der Waals surface area contributed by atoms with Crippen molar-refractivity contribution in [3.8, 4) is 5.75 Å². The van der Waals surface area contributed by atoms with E-state index in [2.05, 4.69) is 72.3 Å². The van der Waals surface area contributed by atoms with Crippen LogP contribution in [0.3, 0.4) is 0 Å². The molecule has 3 heteroatoms. The van der Waals surface area contributed by atoms with Crippen LogP contribution < -0.4 is 0 Å². The Bertz CT molecular complexity index is 1210. The Balaban J connectivity index is 1.80. The van der Waals surface area contributed by atoms with Crippen LogP contribution in [0.25, 0.3) is 21.8 Å². The summed E-state index contributed by atoms with van der Waals surface area (Å²) in [4.78, 5) is 7.33. The summed E-state index contributed by atoms with van der Waals surface area (Å²) in [6.07, 6.45) is 0. The number of rotatable bonds is 3. The summed E-state index contributed by atoms with van der Waals surface area (Å²) >= 11 is 0. The maximum absolute atomic E-state index is 9.80. The van der Waals surface area contributed by atoms with Crippen LogP contribution in [-0.4, -0.2) is 15.1 Å². The fraction of sp³-hybridized carbons (Fsp3) is 0.120. The number of aromatic hydroxyl groups is 1. The van der Waals surface area contributed by atoms with Gasteiger partial charge in [-0.25, -0.2) is 0 Å². The summed E-state index contributed by atoms with van der Waals surface area (Å²) in [7, 11) is 0. The molecule has 138 valence electrons. The molecule has 28 heavy (non-hydrogen) atoms. The molecular weight excluding hydrogens is 344 g/mol. The Morgan fingerprint density at radius 3 is 1.57 bits per heavy atom. The summed E-state index contributed by atoms with van der Waals surface area (Å²) in [5.41, 5.74) is 8.31. The third kappa shape index (κ3) is 2.51. The number of fused-ring (bicyclic) bond motifs is 2. The minimum atomic E-state index is 0.0281. The lowest BCUT2D eigenvalue weighted by atomic mass is 9.88. The zero-order valence-electron chi connectivity index (χ0n) is 16.0. The van der Waals surface area contributed by atoms with E-state index in [0.29, 0.717) is 0 Å². The third-order valence-corrected chi connectivity index (χ3v) is 5.81. The molecule has 0 aliphatic heterocycles. The number of aryl methyl sites for hydroxylation is 2. The highest BCUT2D eigenvalue weighted by Crippen LogP contribution is 2.39. The molecule has 0 atom stereocenters. The minimum absolute atomic E-state index is 0.0281. The number of H-pyrrole nitrogens is 2. The summed E-state index contributed by atoms with van der Waals surface area (Å²) in [5, 5.41) is 12.3. The molecule has 0 aliphatic carbocycles. The molecule has 0 saturated heterocycles. The van der Waals surface area contributed by atoms with Gasteiger partial charge < -0.3 is 15.1 Å². The van der Waals surface area contributed by atoms with E-state index in [9.17, 15) is 5.11 Å². The second-order valence-electron chi connectivity index (χ2n) is 7.44. The lowest BCUT2D eigenvalue weighted by Gasteiger charge is -2.18. The number of aromatic nitrogens is 2. The topological polar surface area (TPSA) is 51.8 Å². The Kier molecular flexibility index (Phi) is 3.76. The molecule has 0 unspecified atom stereocenters. The first kappa shape index (κ1) is 16.7. The molecule has 0 saturated carbocycles. The number of phenols is 1. The van der Waals surface area contributed by atoms with Gasteiger partial charge in [-0.15, -0.1) is 0 Å². The van der Waals surface area contributed by atoms with Crippen LogP contribution >= 0.6 is 0 Å². The van der Waals surface area contributed by atoms with Gasteiger partial charge in [0.25, 0.3) is 0 Å². The number of aromatic amines is 2. The van der Waals surface area contributed by atoms with Crippen molar-refractivity contribution >= 4 is 21.8 Å². The highest BCUT2D eigenvalue weighted by Gasteiger charge is 2.25. The molecule has 3 aromatic carbocycles. The molecule has 0 aliphatic rings. The van der Waals surface area contributed by atoms with E-state index in [0.717, 1.165) is 16.6 Å². The zero-order valence-corrected chi connectivity index (χ0v) is 16.0. The van der Waals surface area contributed by atoms with Crippen molar-refractivity contribution in [2.24, 2.45) is 0 Å². The van der Waals surface area contributed by atoms with Gasteiger partial charge in [0.05, 0.1) is 5.92 Å². The maximum atomic E-state index is 9.80. The molecule has 0 radical (unpaired) electrons. The average molecular weight is 366 g/mol. The second-order valence-corrected chi connectivity index (χ2v) is 7.44. The van der Waals surface area contributed by atoms with Crippen molar-refractivity contribution in [2.75, 3.05) is 0 Å². The maximum Gasteiger partial charge on any atom is 0.115 e. The lowest BCUT2D eigenvalue weighted by Crippen LogP contribution is -2.07. The molecule has 0 spiro atoms. The molecule has 0 fully saturated rings. The Morgan fingerprint density at radius 1 is 0.643 bits per heavy atom. The van der Waals surface area contributed by atoms with Crippen LogP contribution in [0.4, 0.5) is 0 Å². The molecule has 0 bridgehead atoms. The van der Waals surface area contributed by atoms with Crippen molar-refractivity contribution in [2.45, 2.75) is 19.8 Å². The van der Waals surface area contributed by atoms with Gasteiger partial charge in [0.1, 0.15) is 5.75 Å². The average Bonchev–Trinajstić information content (AvgIpc) is 3.22. The predicted molar refractivity (Wildman–Crippen MR) is 115 cm³/mol. The molecule has 5 rings (SSSR count). The van der Waals surface area contributed by atoms with E-state index in [1.807, 2.05) is 12.1 Å². The molecule has 0 amide bonds. The lowest BCUT2D eigenvalue weighted by molar-refractivity contribution is 0.475. The molecule has 5 aromatic rings. The van der Waals surface area contributed by atoms with Gasteiger partial charge in [0.15, 0.2) is 0 Å². The predicted octanol–water partition coefficient (Wildman–Crippen LogP) is 6.15. The molecule has 3 N–H and O–H groups in total. The van der Waals surface area contributed by atoms with Gasteiger partial charge in [-0.05, 0) is 54.8 Å². The van der Waals surface area contributed by atoms with Crippen LogP contribution in [0.2, 0.25) is 0 Å². The normalized spacial score (nSPS) is 11.7. The second kappa shape index (κ2) is 6.31. The van der Waals surface area contributed by atoms with E-state index in [1.165, 1.54) is 33.3 Å². The van der Waals surface area contributed by atoms with E-state index in [4.69, 9.17) is 0 Å².